The molecular weight excluding hydrogens is 276 g/mol. The van der Waals surface area contributed by atoms with E-state index in [-0.39, 0.29) is 12.0 Å². The summed E-state index contributed by atoms with van der Waals surface area (Å²) in [6.07, 6.45) is 4.20. The molecule has 4 nitrogen and oxygen atoms in total. The average molecular weight is 302 g/mol. The Labute approximate surface area is 133 Å². The van der Waals surface area contributed by atoms with Crippen LogP contribution in [0, 0.1) is 16.7 Å². The van der Waals surface area contributed by atoms with Crippen molar-refractivity contribution in [1.29, 1.82) is 5.26 Å². The highest BCUT2D eigenvalue weighted by Gasteiger charge is 2.34. The second kappa shape index (κ2) is 8.28. The minimum atomic E-state index is 0.00359. The predicted molar refractivity (Wildman–Crippen MR) is 86.3 cm³/mol. The molecule has 1 aliphatic rings. The smallest absolute Gasteiger partial charge is 0.0991 e. The van der Waals surface area contributed by atoms with E-state index in [9.17, 15) is 5.11 Å². The van der Waals surface area contributed by atoms with Crippen LogP contribution < -0.4 is 0 Å². The number of nitriles is 1. The Hall–Kier alpha value is -1.41. The normalized spacial score (nSPS) is 22.4. The predicted octanol–water partition coefficient (Wildman–Crippen LogP) is 2.56. The molecule has 0 spiro atoms. The molecule has 1 saturated heterocycles. The molecule has 1 atom stereocenters. The van der Waals surface area contributed by atoms with Gasteiger partial charge in [-0.2, -0.15) is 5.26 Å². The molecule has 2 rings (SSSR count). The molecule has 0 saturated carbocycles. The number of rotatable bonds is 7. The van der Waals surface area contributed by atoms with Gasteiger partial charge in [0.25, 0.3) is 0 Å². The van der Waals surface area contributed by atoms with E-state index in [1.165, 1.54) is 5.56 Å². The van der Waals surface area contributed by atoms with Crippen LogP contribution in [0.15, 0.2) is 24.3 Å². The third kappa shape index (κ3) is 4.54. The number of ether oxygens (including phenoxy) is 1. The molecule has 0 bridgehead atoms. The van der Waals surface area contributed by atoms with Crippen LogP contribution in [0.5, 0.6) is 0 Å². The zero-order valence-corrected chi connectivity index (χ0v) is 13.4. The lowest BCUT2D eigenvalue weighted by atomic mass is 9.77. The molecule has 1 aromatic carbocycles. The number of hydrogen-bond acceptors (Lipinski definition) is 4. The first-order valence-corrected chi connectivity index (χ1v) is 8.02. The van der Waals surface area contributed by atoms with Crippen molar-refractivity contribution in [3.63, 3.8) is 0 Å². The van der Waals surface area contributed by atoms with E-state index in [0.29, 0.717) is 5.56 Å². The Morgan fingerprint density at radius 1 is 1.45 bits per heavy atom. The minimum Gasteiger partial charge on any atom is -0.396 e. The van der Waals surface area contributed by atoms with Gasteiger partial charge in [-0.3, -0.25) is 4.90 Å². The molecule has 0 amide bonds. The molecule has 1 N–H and O–H groups in total. The van der Waals surface area contributed by atoms with Crippen molar-refractivity contribution in [3.05, 3.63) is 35.4 Å². The van der Waals surface area contributed by atoms with Gasteiger partial charge in [0.1, 0.15) is 0 Å². The maximum absolute atomic E-state index is 9.90. The first-order chi connectivity index (χ1) is 10.7. The van der Waals surface area contributed by atoms with Gasteiger partial charge in [-0.05, 0) is 49.9 Å². The molecule has 0 radical (unpaired) electrons. The Morgan fingerprint density at radius 3 is 3.05 bits per heavy atom. The molecule has 1 heterocycles. The molecule has 1 aliphatic heterocycles. The number of aliphatic hydroxyl groups is 1. The van der Waals surface area contributed by atoms with Crippen LogP contribution in [0.3, 0.4) is 0 Å². The SMILES string of the molecule is COCCCC1(CO)CCCN(Cc2cccc(C#N)c2)C1. The first kappa shape index (κ1) is 17.0. The van der Waals surface area contributed by atoms with Crippen molar-refractivity contribution in [2.45, 2.75) is 32.2 Å². The van der Waals surface area contributed by atoms with Gasteiger partial charge in [0.15, 0.2) is 0 Å². The fourth-order valence-electron chi connectivity index (χ4n) is 3.45. The van der Waals surface area contributed by atoms with Crippen LogP contribution in [0.2, 0.25) is 0 Å². The second-order valence-corrected chi connectivity index (χ2v) is 6.38. The van der Waals surface area contributed by atoms with Crippen LogP contribution in [-0.2, 0) is 11.3 Å². The molecule has 4 heteroatoms. The quantitative estimate of drug-likeness (QED) is 0.787. The highest BCUT2D eigenvalue weighted by Crippen LogP contribution is 2.34. The summed E-state index contributed by atoms with van der Waals surface area (Å²) in [5.41, 5.74) is 1.89. The van der Waals surface area contributed by atoms with Crippen LogP contribution in [0.1, 0.15) is 36.8 Å². The lowest BCUT2D eigenvalue weighted by Gasteiger charge is -2.42. The number of piperidine rings is 1. The van der Waals surface area contributed by atoms with Gasteiger partial charge in [-0.25, -0.2) is 0 Å². The van der Waals surface area contributed by atoms with Crippen molar-refractivity contribution in [2.75, 3.05) is 33.4 Å². The molecule has 120 valence electrons. The first-order valence-electron chi connectivity index (χ1n) is 8.02. The Morgan fingerprint density at radius 2 is 2.32 bits per heavy atom. The molecule has 1 unspecified atom stereocenters. The van der Waals surface area contributed by atoms with Crippen LogP contribution in [0.25, 0.3) is 0 Å². The van der Waals surface area contributed by atoms with E-state index in [1.54, 1.807) is 7.11 Å². The van der Waals surface area contributed by atoms with E-state index in [4.69, 9.17) is 10.00 Å². The average Bonchev–Trinajstić information content (AvgIpc) is 2.55. The van der Waals surface area contributed by atoms with E-state index >= 15 is 0 Å². The molecule has 1 aromatic rings. The fourth-order valence-corrected chi connectivity index (χ4v) is 3.45. The van der Waals surface area contributed by atoms with Crippen molar-refractivity contribution in [1.82, 2.24) is 4.90 Å². The topological polar surface area (TPSA) is 56.5 Å². The van der Waals surface area contributed by atoms with Gasteiger partial charge < -0.3 is 9.84 Å². The second-order valence-electron chi connectivity index (χ2n) is 6.38. The highest BCUT2D eigenvalue weighted by molar-refractivity contribution is 5.32. The summed E-state index contributed by atoms with van der Waals surface area (Å²) in [7, 11) is 1.72. The van der Waals surface area contributed by atoms with E-state index in [1.807, 2.05) is 18.2 Å². The largest absolute Gasteiger partial charge is 0.396 e. The summed E-state index contributed by atoms with van der Waals surface area (Å²) in [4.78, 5) is 2.41. The molecule has 0 aromatic heterocycles. The van der Waals surface area contributed by atoms with Gasteiger partial charge in [0.05, 0.1) is 11.6 Å². The molecular formula is C18H26N2O2. The van der Waals surface area contributed by atoms with Gasteiger partial charge in [-0.1, -0.05) is 12.1 Å². The molecule has 0 aliphatic carbocycles. The zero-order valence-electron chi connectivity index (χ0n) is 13.4. The molecule has 22 heavy (non-hydrogen) atoms. The maximum Gasteiger partial charge on any atom is 0.0991 e. The third-order valence-corrected chi connectivity index (χ3v) is 4.59. The van der Waals surface area contributed by atoms with Gasteiger partial charge in [0, 0.05) is 38.8 Å². The van der Waals surface area contributed by atoms with Crippen molar-refractivity contribution in [3.8, 4) is 6.07 Å². The number of aliphatic hydroxyl groups excluding tert-OH is 1. The van der Waals surface area contributed by atoms with E-state index in [0.717, 1.165) is 51.9 Å². The van der Waals surface area contributed by atoms with Crippen molar-refractivity contribution < 1.29 is 9.84 Å². The Bertz CT molecular complexity index is 512. The van der Waals surface area contributed by atoms with E-state index < -0.39 is 0 Å². The van der Waals surface area contributed by atoms with Crippen LogP contribution in [-0.4, -0.2) is 43.4 Å². The zero-order chi connectivity index (χ0) is 15.8. The summed E-state index contributed by atoms with van der Waals surface area (Å²) in [6.45, 7) is 3.83. The number of methoxy groups -OCH3 is 1. The van der Waals surface area contributed by atoms with Gasteiger partial charge in [-0.15, -0.1) is 0 Å². The van der Waals surface area contributed by atoms with Crippen molar-refractivity contribution >= 4 is 0 Å². The maximum atomic E-state index is 9.90. The standard InChI is InChI=1S/C18H26N2O2/c1-22-10-4-8-18(15-21)7-3-9-20(14-18)13-17-6-2-5-16(11-17)12-19/h2,5-6,11,21H,3-4,7-10,13-15H2,1H3. The minimum absolute atomic E-state index is 0.00359. The number of hydrogen-bond donors (Lipinski definition) is 1. The summed E-state index contributed by atoms with van der Waals surface area (Å²) in [5, 5.41) is 18.9. The van der Waals surface area contributed by atoms with Crippen LogP contribution >= 0.6 is 0 Å². The summed E-state index contributed by atoms with van der Waals surface area (Å²) in [6, 6.07) is 10.00. The lowest BCUT2D eigenvalue weighted by molar-refractivity contribution is 0.0158. The van der Waals surface area contributed by atoms with Gasteiger partial charge >= 0.3 is 0 Å². The highest BCUT2D eigenvalue weighted by atomic mass is 16.5. The Kier molecular flexibility index (Phi) is 6.38. The van der Waals surface area contributed by atoms with Crippen LogP contribution in [0.4, 0.5) is 0 Å². The number of likely N-dealkylation sites (tertiary alicyclic amines) is 1. The summed E-state index contributed by atoms with van der Waals surface area (Å²) >= 11 is 0. The summed E-state index contributed by atoms with van der Waals surface area (Å²) in [5.74, 6) is 0. The van der Waals surface area contributed by atoms with Crippen molar-refractivity contribution in [2.24, 2.45) is 5.41 Å². The molecule has 1 fully saturated rings. The number of benzene rings is 1. The fraction of sp³-hybridized carbons (Fsp3) is 0.611. The summed E-state index contributed by atoms with van der Waals surface area (Å²) < 4.78 is 5.14. The number of nitrogens with zero attached hydrogens (tertiary/aromatic N) is 2. The van der Waals surface area contributed by atoms with Gasteiger partial charge in [0.2, 0.25) is 0 Å². The lowest BCUT2D eigenvalue weighted by Crippen LogP contribution is -2.45. The monoisotopic (exact) mass is 302 g/mol. The Balaban J connectivity index is 1.98. The van der Waals surface area contributed by atoms with E-state index in [2.05, 4.69) is 17.0 Å². The third-order valence-electron chi connectivity index (χ3n) is 4.59.